The highest BCUT2D eigenvalue weighted by atomic mass is 16.3. The van der Waals surface area contributed by atoms with E-state index in [9.17, 15) is 4.79 Å². The van der Waals surface area contributed by atoms with Crippen molar-refractivity contribution in [1.82, 2.24) is 4.90 Å². The van der Waals surface area contributed by atoms with Crippen LogP contribution in [0.25, 0.3) is 0 Å². The molecule has 15 heavy (non-hydrogen) atoms. The number of hydrogen-bond acceptors (Lipinski definition) is 2. The summed E-state index contributed by atoms with van der Waals surface area (Å²) in [6.07, 6.45) is 3.79. The Bertz CT molecular complexity index is 222. The molecule has 0 radical (unpaired) electrons. The van der Waals surface area contributed by atoms with Crippen LogP contribution >= 0.6 is 0 Å². The van der Waals surface area contributed by atoms with Crippen LogP contribution in [0.2, 0.25) is 0 Å². The van der Waals surface area contributed by atoms with Crippen LogP contribution in [0.1, 0.15) is 46.5 Å². The first-order chi connectivity index (χ1) is 7.00. The minimum atomic E-state index is -0.280. The van der Waals surface area contributed by atoms with Gasteiger partial charge >= 0.3 is 0 Å². The summed E-state index contributed by atoms with van der Waals surface area (Å²) in [4.78, 5) is 14.0. The molecule has 0 aromatic carbocycles. The second-order valence-electron chi connectivity index (χ2n) is 5.32. The molecular weight excluding hydrogens is 190 g/mol. The molecule has 0 spiro atoms. The highest BCUT2D eigenvalue weighted by molar-refractivity contribution is 5.77. The number of amides is 1. The minimum absolute atomic E-state index is 0.0728. The Labute approximate surface area is 92.5 Å². The van der Waals surface area contributed by atoms with Crippen molar-refractivity contribution in [3.8, 4) is 0 Å². The summed E-state index contributed by atoms with van der Waals surface area (Å²) in [5.41, 5.74) is -0.280. The third-order valence-electron chi connectivity index (χ3n) is 2.83. The van der Waals surface area contributed by atoms with Crippen LogP contribution in [0.3, 0.4) is 0 Å². The predicted octanol–water partition coefficient (Wildman–Crippen LogP) is 1.80. The molecule has 0 aromatic heterocycles. The summed E-state index contributed by atoms with van der Waals surface area (Å²) < 4.78 is 0. The van der Waals surface area contributed by atoms with Crippen molar-refractivity contribution in [3.63, 3.8) is 0 Å². The fourth-order valence-corrected chi connectivity index (χ4v) is 1.70. The normalized spacial score (nSPS) is 16.5. The van der Waals surface area contributed by atoms with Gasteiger partial charge in [-0.1, -0.05) is 20.8 Å². The van der Waals surface area contributed by atoms with Crippen molar-refractivity contribution in [2.75, 3.05) is 13.2 Å². The molecule has 0 aliphatic heterocycles. The third-order valence-corrected chi connectivity index (χ3v) is 2.83. The molecule has 1 saturated carbocycles. The van der Waals surface area contributed by atoms with Gasteiger partial charge in [0, 0.05) is 25.6 Å². The van der Waals surface area contributed by atoms with E-state index in [2.05, 4.69) is 6.92 Å². The van der Waals surface area contributed by atoms with E-state index in [1.165, 1.54) is 0 Å². The van der Waals surface area contributed by atoms with E-state index in [4.69, 9.17) is 5.11 Å². The van der Waals surface area contributed by atoms with Crippen LogP contribution in [-0.4, -0.2) is 35.1 Å². The van der Waals surface area contributed by atoms with Gasteiger partial charge < -0.3 is 10.0 Å². The maximum absolute atomic E-state index is 12.0. The molecule has 3 heteroatoms. The SMILES string of the molecule is CCCN(C(=O)CC(C)(C)CO)C1CC1. The molecule has 0 heterocycles. The van der Waals surface area contributed by atoms with Gasteiger partial charge in [-0.3, -0.25) is 4.79 Å². The molecule has 0 aromatic rings. The summed E-state index contributed by atoms with van der Waals surface area (Å²) in [7, 11) is 0. The van der Waals surface area contributed by atoms with E-state index < -0.39 is 0 Å². The zero-order valence-corrected chi connectivity index (χ0v) is 10.1. The molecular formula is C12H23NO2. The van der Waals surface area contributed by atoms with Gasteiger partial charge in [-0.2, -0.15) is 0 Å². The minimum Gasteiger partial charge on any atom is -0.396 e. The van der Waals surface area contributed by atoms with E-state index in [0.29, 0.717) is 12.5 Å². The number of hydrogen-bond donors (Lipinski definition) is 1. The molecule has 1 aliphatic carbocycles. The zero-order valence-electron chi connectivity index (χ0n) is 10.1. The van der Waals surface area contributed by atoms with E-state index in [-0.39, 0.29) is 17.9 Å². The summed E-state index contributed by atoms with van der Waals surface area (Å²) in [5, 5.41) is 9.14. The summed E-state index contributed by atoms with van der Waals surface area (Å²) in [6.45, 7) is 6.90. The smallest absolute Gasteiger partial charge is 0.223 e. The summed E-state index contributed by atoms with van der Waals surface area (Å²) in [6, 6.07) is 0.493. The van der Waals surface area contributed by atoms with Crippen molar-refractivity contribution in [1.29, 1.82) is 0 Å². The number of aliphatic hydroxyl groups excluding tert-OH is 1. The maximum atomic E-state index is 12.0. The van der Waals surface area contributed by atoms with E-state index in [0.717, 1.165) is 25.8 Å². The molecule has 3 nitrogen and oxygen atoms in total. The lowest BCUT2D eigenvalue weighted by molar-refractivity contribution is -0.134. The van der Waals surface area contributed by atoms with Crippen LogP contribution in [0.15, 0.2) is 0 Å². The van der Waals surface area contributed by atoms with E-state index in [1.54, 1.807) is 0 Å². The van der Waals surface area contributed by atoms with Crippen LogP contribution in [0.4, 0.5) is 0 Å². The van der Waals surface area contributed by atoms with Crippen LogP contribution in [-0.2, 0) is 4.79 Å². The Kier molecular flexibility index (Phi) is 4.14. The highest BCUT2D eigenvalue weighted by Gasteiger charge is 2.34. The molecule has 1 fully saturated rings. The number of nitrogens with zero attached hydrogens (tertiary/aromatic N) is 1. The third kappa shape index (κ3) is 3.82. The molecule has 1 N–H and O–H groups in total. The standard InChI is InChI=1S/C12H23NO2/c1-4-7-13(10-5-6-10)11(15)8-12(2,3)9-14/h10,14H,4-9H2,1-3H3. The largest absolute Gasteiger partial charge is 0.396 e. The Morgan fingerprint density at radius 1 is 1.47 bits per heavy atom. The summed E-state index contributed by atoms with van der Waals surface area (Å²) in [5.74, 6) is 0.207. The lowest BCUT2D eigenvalue weighted by Crippen LogP contribution is -2.37. The van der Waals surface area contributed by atoms with Gasteiger partial charge in [0.05, 0.1) is 0 Å². The van der Waals surface area contributed by atoms with Gasteiger partial charge in [-0.15, -0.1) is 0 Å². The fraction of sp³-hybridized carbons (Fsp3) is 0.917. The Balaban J connectivity index is 2.48. The number of rotatable bonds is 6. The Hall–Kier alpha value is -0.570. The van der Waals surface area contributed by atoms with Crippen LogP contribution in [0.5, 0.6) is 0 Å². The second kappa shape index (κ2) is 4.97. The highest BCUT2D eigenvalue weighted by Crippen LogP contribution is 2.30. The van der Waals surface area contributed by atoms with E-state index in [1.807, 2.05) is 18.7 Å². The average molecular weight is 213 g/mol. The summed E-state index contributed by atoms with van der Waals surface area (Å²) >= 11 is 0. The quantitative estimate of drug-likeness (QED) is 0.731. The van der Waals surface area contributed by atoms with Gasteiger partial charge in [0.25, 0.3) is 0 Å². The molecule has 88 valence electrons. The molecule has 0 unspecified atom stereocenters. The zero-order chi connectivity index (χ0) is 11.5. The molecule has 0 atom stereocenters. The van der Waals surface area contributed by atoms with Crippen molar-refractivity contribution < 1.29 is 9.90 Å². The first-order valence-corrected chi connectivity index (χ1v) is 5.90. The van der Waals surface area contributed by atoms with Crippen LogP contribution < -0.4 is 0 Å². The number of aliphatic hydroxyl groups is 1. The van der Waals surface area contributed by atoms with Crippen molar-refractivity contribution >= 4 is 5.91 Å². The van der Waals surface area contributed by atoms with Crippen LogP contribution in [0, 0.1) is 5.41 Å². The second-order valence-corrected chi connectivity index (χ2v) is 5.32. The van der Waals surface area contributed by atoms with Crippen molar-refractivity contribution in [2.45, 2.75) is 52.5 Å². The van der Waals surface area contributed by atoms with E-state index >= 15 is 0 Å². The lowest BCUT2D eigenvalue weighted by Gasteiger charge is -2.27. The Morgan fingerprint density at radius 3 is 2.47 bits per heavy atom. The topological polar surface area (TPSA) is 40.5 Å². The lowest BCUT2D eigenvalue weighted by atomic mass is 9.90. The first-order valence-electron chi connectivity index (χ1n) is 5.90. The number of carbonyl (C=O) groups is 1. The molecule has 1 rings (SSSR count). The fourth-order valence-electron chi connectivity index (χ4n) is 1.70. The maximum Gasteiger partial charge on any atom is 0.223 e. The van der Waals surface area contributed by atoms with Gasteiger partial charge in [0.1, 0.15) is 0 Å². The van der Waals surface area contributed by atoms with Crippen molar-refractivity contribution in [2.24, 2.45) is 5.41 Å². The Morgan fingerprint density at radius 2 is 2.07 bits per heavy atom. The average Bonchev–Trinajstić information content (AvgIpc) is 2.96. The first kappa shape index (κ1) is 12.5. The number of carbonyl (C=O) groups excluding carboxylic acids is 1. The monoisotopic (exact) mass is 213 g/mol. The predicted molar refractivity (Wildman–Crippen MR) is 60.5 cm³/mol. The molecule has 1 aliphatic rings. The molecule has 1 amide bonds. The molecule has 0 bridgehead atoms. The van der Waals surface area contributed by atoms with Gasteiger partial charge in [0.2, 0.25) is 5.91 Å². The molecule has 0 saturated heterocycles. The van der Waals surface area contributed by atoms with Gasteiger partial charge in [0.15, 0.2) is 0 Å². The van der Waals surface area contributed by atoms with Gasteiger partial charge in [-0.25, -0.2) is 0 Å². The van der Waals surface area contributed by atoms with Crippen molar-refractivity contribution in [3.05, 3.63) is 0 Å². The van der Waals surface area contributed by atoms with Gasteiger partial charge in [-0.05, 0) is 24.7 Å².